The van der Waals surface area contributed by atoms with Crippen molar-refractivity contribution in [3.8, 4) is 0 Å². The minimum absolute atomic E-state index is 0.00395. The number of sulfonamides is 1. The number of hydrogen-bond acceptors (Lipinski definition) is 4. The molecule has 0 fully saturated rings. The van der Waals surface area contributed by atoms with Crippen LogP contribution in [0.4, 0.5) is 5.69 Å². The largest absolute Gasteiger partial charge is 0.465 e. The lowest BCUT2D eigenvalue weighted by Gasteiger charge is -2.09. The fraction of sp³-hybridized carbons (Fsp3) is 0.0714. The number of carbonyl (C=O) groups is 1. The minimum atomic E-state index is -3.76. The van der Waals surface area contributed by atoms with Gasteiger partial charge in [-0.1, -0.05) is 12.1 Å². The summed E-state index contributed by atoms with van der Waals surface area (Å²) in [4.78, 5) is 11.5. The first-order valence-corrected chi connectivity index (χ1v) is 8.45. The number of ether oxygens (including phenoxy) is 1. The van der Waals surface area contributed by atoms with Gasteiger partial charge in [0.25, 0.3) is 10.0 Å². The van der Waals surface area contributed by atoms with Gasteiger partial charge in [0.1, 0.15) is 0 Å². The predicted octanol–water partition coefficient (Wildman–Crippen LogP) is 2.88. The molecular weight excluding hydrogens is 405 g/mol. The molecule has 0 atom stereocenters. The first-order chi connectivity index (χ1) is 9.92. The Kier molecular flexibility index (Phi) is 4.84. The fourth-order valence-corrected chi connectivity index (χ4v) is 3.31. The molecule has 0 aliphatic carbocycles. The maximum atomic E-state index is 12.3. The third-order valence-corrected chi connectivity index (χ3v) is 4.69. The van der Waals surface area contributed by atoms with E-state index in [2.05, 4.69) is 32.0 Å². The van der Waals surface area contributed by atoms with Crippen molar-refractivity contribution in [3.05, 3.63) is 57.7 Å². The van der Waals surface area contributed by atoms with Gasteiger partial charge in [-0.05, 0) is 59.0 Å². The summed E-state index contributed by atoms with van der Waals surface area (Å²) in [6.07, 6.45) is 0. The Balaban J connectivity index is 2.33. The molecule has 0 amide bonds. The Bertz CT molecular complexity index is 774. The van der Waals surface area contributed by atoms with E-state index in [1.807, 2.05) is 6.07 Å². The molecule has 110 valence electrons. The smallest absolute Gasteiger partial charge is 0.337 e. The standard InChI is InChI=1S/C14H12INO4S/c1-20-14(17)10-4-2-7-13(8-10)21(18,19)16-12-6-3-5-11(15)9-12/h2-9,16H,1H3. The van der Waals surface area contributed by atoms with Crippen molar-refractivity contribution in [3.63, 3.8) is 0 Å². The molecule has 0 aliphatic heterocycles. The van der Waals surface area contributed by atoms with Crippen LogP contribution in [0.15, 0.2) is 53.4 Å². The molecule has 0 radical (unpaired) electrons. The van der Waals surface area contributed by atoms with Crippen molar-refractivity contribution >= 4 is 44.3 Å². The van der Waals surface area contributed by atoms with Crippen LogP contribution in [0.1, 0.15) is 10.4 Å². The molecule has 2 rings (SSSR count). The van der Waals surface area contributed by atoms with Crippen LogP contribution in [0.5, 0.6) is 0 Å². The third kappa shape index (κ3) is 3.94. The summed E-state index contributed by atoms with van der Waals surface area (Å²) in [5.41, 5.74) is 0.647. The van der Waals surface area contributed by atoms with E-state index < -0.39 is 16.0 Å². The Morgan fingerprint density at radius 2 is 1.86 bits per heavy atom. The zero-order valence-electron chi connectivity index (χ0n) is 11.0. The van der Waals surface area contributed by atoms with E-state index in [-0.39, 0.29) is 10.5 Å². The van der Waals surface area contributed by atoms with Gasteiger partial charge in [0.15, 0.2) is 0 Å². The lowest BCUT2D eigenvalue weighted by molar-refractivity contribution is 0.0600. The lowest BCUT2D eigenvalue weighted by Crippen LogP contribution is -2.14. The Morgan fingerprint density at radius 3 is 2.52 bits per heavy atom. The molecule has 1 N–H and O–H groups in total. The SMILES string of the molecule is COC(=O)c1cccc(S(=O)(=O)Nc2cccc(I)c2)c1. The number of rotatable bonds is 4. The minimum Gasteiger partial charge on any atom is -0.465 e. The molecular formula is C14H12INO4S. The zero-order valence-corrected chi connectivity index (χ0v) is 14.0. The molecule has 0 aromatic heterocycles. The Hall–Kier alpha value is -1.61. The highest BCUT2D eigenvalue weighted by atomic mass is 127. The van der Waals surface area contributed by atoms with Crippen molar-refractivity contribution in [2.75, 3.05) is 11.8 Å². The van der Waals surface area contributed by atoms with E-state index >= 15 is 0 Å². The molecule has 0 heterocycles. The summed E-state index contributed by atoms with van der Waals surface area (Å²) in [5.74, 6) is -0.582. The summed E-state index contributed by atoms with van der Waals surface area (Å²) < 4.78 is 32.6. The number of halogens is 1. The molecule has 2 aromatic carbocycles. The van der Waals surface area contributed by atoms with E-state index in [9.17, 15) is 13.2 Å². The van der Waals surface area contributed by atoms with Gasteiger partial charge in [-0.25, -0.2) is 13.2 Å². The normalized spacial score (nSPS) is 11.0. The van der Waals surface area contributed by atoms with Crippen molar-refractivity contribution in [2.45, 2.75) is 4.90 Å². The second kappa shape index (κ2) is 6.44. The molecule has 7 heteroatoms. The molecule has 0 bridgehead atoms. The van der Waals surface area contributed by atoms with Crippen LogP contribution < -0.4 is 4.72 Å². The van der Waals surface area contributed by atoms with Crippen LogP contribution >= 0.6 is 22.6 Å². The quantitative estimate of drug-likeness (QED) is 0.614. The van der Waals surface area contributed by atoms with Crippen molar-refractivity contribution in [1.82, 2.24) is 0 Å². The van der Waals surface area contributed by atoms with Crippen LogP contribution in [0, 0.1) is 3.57 Å². The second-order valence-electron chi connectivity index (χ2n) is 4.14. The highest BCUT2D eigenvalue weighted by Crippen LogP contribution is 2.19. The average molecular weight is 417 g/mol. The molecule has 0 spiro atoms. The Labute approximate surface area is 136 Å². The van der Waals surface area contributed by atoms with Gasteiger partial charge in [-0.3, -0.25) is 4.72 Å². The summed E-state index contributed by atoms with van der Waals surface area (Å²) in [6, 6.07) is 12.7. The number of anilines is 1. The Morgan fingerprint density at radius 1 is 1.14 bits per heavy atom. The maximum absolute atomic E-state index is 12.3. The monoisotopic (exact) mass is 417 g/mol. The number of hydrogen-bond donors (Lipinski definition) is 1. The van der Waals surface area contributed by atoms with Crippen molar-refractivity contribution in [2.24, 2.45) is 0 Å². The third-order valence-electron chi connectivity index (χ3n) is 2.64. The van der Waals surface area contributed by atoms with Gasteiger partial charge in [-0.15, -0.1) is 0 Å². The number of carbonyl (C=O) groups excluding carboxylic acids is 1. The fourth-order valence-electron chi connectivity index (χ4n) is 1.67. The molecule has 0 unspecified atom stereocenters. The molecule has 0 saturated heterocycles. The summed E-state index contributed by atoms with van der Waals surface area (Å²) in [5, 5.41) is 0. The van der Waals surface area contributed by atoms with E-state index in [1.54, 1.807) is 18.2 Å². The highest BCUT2D eigenvalue weighted by molar-refractivity contribution is 14.1. The zero-order chi connectivity index (χ0) is 15.5. The molecule has 0 aliphatic rings. The molecule has 0 saturated carbocycles. The van der Waals surface area contributed by atoms with Crippen molar-refractivity contribution < 1.29 is 17.9 Å². The van der Waals surface area contributed by atoms with Crippen molar-refractivity contribution in [1.29, 1.82) is 0 Å². The van der Waals surface area contributed by atoms with E-state index in [1.165, 1.54) is 31.4 Å². The van der Waals surface area contributed by atoms with Crippen LogP contribution in [0.3, 0.4) is 0 Å². The molecule has 2 aromatic rings. The number of esters is 1. The summed E-state index contributed by atoms with van der Waals surface area (Å²) in [7, 11) is -2.51. The van der Waals surface area contributed by atoms with Crippen LogP contribution in [0.25, 0.3) is 0 Å². The second-order valence-corrected chi connectivity index (χ2v) is 7.06. The lowest BCUT2D eigenvalue weighted by atomic mass is 10.2. The molecule has 21 heavy (non-hydrogen) atoms. The van der Waals surface area contributed by atoms with Gasteiger partial charge in [-0.2, -0.15) is 0 Å². The highest BCUT2D eigenvalue weighted by Gasteiger charge is 2.16. The van der Waals surface area contributed by atoms with E-state index in [4.69, 9.17) is 0 Å². The topological polar surface area (TPSA) is 72.5 Å². The van der Waals surface area contributed by atoms with Crippen LogP contribution in [-0.4, -0.2) is 21.5 Å². The van der Waals surface area contributed by atoms with Gasteiger partial charge < -0.3 is 4.74 Å². The first-order valence-electron chi connectivity index (χ1n) is 5.89. The summed E-state index contributed by atoms with van der Waals surface area (Å²) in [6.45, 7) is 0. The number of methoxy groups -OCH3 is 1. The van der Waals surface area contributed by atoms with Gasteiger partial charge >= 0.3 is 5.97 Å². The summed E-state index contributed by atoms with van der Waals surface area (Å²) >= 11 is 2.09. The average Bonchev–Trinajstić information content (AvgIpc) is 2.46. The number of benzene rings is 2. The van der Waals surface area contributed by atoms with E-state index in [0.717, 1.165) is 3.57 Å². The van der Waals surface area contributed by atoms with Gasteiger partial charge in [0.05, 0.1) is 17.6 Å². The van der Waals surface area contributed by atoms with Gasteiger partial charge in [0.2, 0.25) is 0 Å². The first kappa shape index (κ1) is 15.8. The van der Waals surface area contributed by atoms with Gasteiger partial charge in [0, 0.05) is 9.26 Å². The number of nitrogens with one attached hydrogen (secondary N) is 1. The predicted molar refractivity (Wildman–Crippen MR) is 87.7 cm³/mol. The molecule has 5 nitrogen and oxygen atoms in total. The van der Waals surface area contributed by atoms with Crippen LogP contribution in [-0.2, 0) is 14.8 Å². The van der Waals surface area contributed by atoms with E-state index in [0.29, 0.717) is 5.69 Å². The van der Waals surface area contributed by atoms with Crippen LogP contribution in [0.2, 0.25) is 0 Å². The maximum Gasteiger partial charge on any atom is 0.337 e.